The SMILES string of the molecule is O=C([O-])c1cccnc1OS(=O)(=O)C(F)(F)F. The van der Waals surface area contributed by atoms with Crippen LogP contribution in [0.1, 0.15) is 10.4 Å². The lowest BCUT2D eigenvalue weighted by molar-refractivity contribution is -0.255. The Morgan fingerprint density at radius 2 is 2.00 bits per heavy atom. The molecule has 1 heterocycles. The second-order valence-corrected chi connectivity index (χ2v) is 4.16. The minimum atomic E-state index is -5.96. The van der Waals surface area contributed by atoms with Gasteiger partial charge in [0.2, 0.25) is 5.88 Å². The Hall–Kier alpha value is -1.84. The van der Waals surface area contributed by atoms with Crippen LogP contribution in [0.25, 0.3) is 0 Å². The summed E-state index contributed by atoms with van der Waals surface area (Å²) in [5.41, 5.74) is -6.58. The zero-order chi connectivity index (χ0) is 13.3. The molecular weight excluding hydrogens is 267 g/mol. The van der Waals surface area contributed by atoms with Crippen molar-refractivity contribution in [3.63, 3.8) is 0 Å². The molecule has 0 spiro atoms. The molecule has 94 valence electrons. The molecule has 0 saturated carbocycles. The fourth-order valence-corrected chi connectivity index (χ4v) is 1.20. The summed E-state index contributed by atoms with van der Waals surface area (Å²) in [7, 11) is -5.96. The molecule has 17 heavy (non-hydrogen) atoms. The van der Waals surface area contributed by atoms with Gasteiger partial charge in [-0.1, -0.05) is 0 Å². The van der Waals surface area contributed by atoms with Crippen molar-refractivity contribution in [1.82, 2.24) is 4.98 Å². The third kappa shape index (κ3) is 2.84. The molecule has 1 aromatic heterocycles. The number of aromatic carboxylic acids is 1. The summed E-state index contributed by atoms with van der Waals surface area (Å²) < 4.78 is 60.6. The first-order valence-corrected chi connectivity index (χ1v) is 5.23. The molecule has 0 aromatic carbocycles. The zero-order valence-corrected chi connectivity index (χ0v) is 8.58. The molecule has 0 bridgehead atoms. The van der Waals surface area contributed by atoms with Crippen LogP contribution in [0.15, 0.2) is 18.3 Å². The van der Waals surface area contributed by atoms with Crippen LogP contribution in [-0.2, 0) is 10.1 Å². The number of carboxylic acids is 1. The normalized spacial score (nSPS) is 12.2. The number of halogens is 3. The number of carboxylic acid groups (broad SMARTS) is 1. The molecule has 6 nitrogen and oxygen atoms in total. The molecule has 0 unspecified atom stereocenters. The Balaban J connectivity index is 3.18. The lowest BCUT2D eigenvalue weighted by Crippen LogP contribution is -2.30. The minimum Gasteiger partial charge on any atom is -0.545 e. The van der Waals surface area contributed by atoms with Crippen molar-refractivity contribution in [2.75, 3.05) is 0 Å². The monoisotopic (exact) mass is 270 g/mol. The van der Waals surface area contributed by atoms with Gasteiger partial charge < -0.3 is 14.1 Å². The number of rotatable bonds is 3. The fraction of sp³-hybridized carbons (Fsp3) is 0.143. The summed E-state index contributed by atoms with van der Waals surface area (Å²) in [6.45, 7) is 0. The second-order valence-electron chi connectivity index (χ2n) is 2.63. The van der Waals surface area contributed by atoms with E-state index >= 15 is 0 Å². The molecule has 0 atom stereocenters. The van der Waals surface area contributed by atoms with Gasteiger partial charge in [0.1, 0.15) is 0 Å². The van der Waals surface area contributed by atoms with Crippen LogP contribution in [0.2, 0.25) is 0 Å². The molecule has 1 rings (SSSR count). The van der Waals surface area contributed by atoms with E-state index in [4.69, 9.17) is 0 Å². The number of alkyl halides is 3. The third-order valence-corrected chi connectivity index (χ3v) is 2.41. The Labute approximate surface area is 92.8 Å². The minimum absolute atomic E-state index is 0.795. The number of pyridine rings is 1. The molecular formula is C7H3F3NO5S-. The highest BCUT2D eigenvalue weighted by atomic mass is 32.2. The van der Waals surface area contributed by atoms with Crippen LogP contribution in [0, 0.1) is 0 Å². The molecule has 0 aliphatic rings. The molecule has 0 amide bonds. The average molecular weight is 270 g/mol. The van der Waals surface area contributed by atoms with Crippen molar-refractivity contribution in [2.24, 2.45) is 0 Å². The quantitative estimate of drug-likeness (QED) is 0.551. The Bertz CT molecular complexity index is 539. The fourth-order valence-electron chi connectivity index (χ4n) is 0.764. The van der Waals surface area contributed by atoms with Gasteiger partial charge in [0.05, 0.1) is 11.5 Å². The topological polar surface area (TPSA) is 96.4 Å². The molecule has 0 radical (unpaired) electrons. The Morgan fingerprint density at radius 3 is 2.47 bits per heavy atom. The van der Waals surface area contributed by atoms with Crippen molar-refractivity contribution in [1.29, 1.82) is 0 Å². The highest BCUT2D eigenvalue weighted by Gasteiger charge is 2.49. The highest BCUT2D eigenvalue weighted by Crippen LogP contribution is 2.27. The van der Waals surface area contributed by atoms with E-state index in [-0.39, 0.29) is 0 Å². The van der Waals surface area contributed by atoms with Crippen LogP contribution in [0.5, 0.6) is 5.88 Å². The lowest BCUT2D eigenvalue weighted by atomic mass is 10.3. The van der Waals surface area contributed by atoms with E-state index in [0.29, 0.717) is 0 Å². The van der Waals surface area contributed by atoms with Crippen LogP contribution in [0.4, 0.5) is 13.2 Å². The van der Waals surface area contributed by atoms with E-state index in [9.17, 15) is 31.5 Å². The first kappa shape index (κ1) is 13.2. The molecule has 10 heteroatoms. The largest absolute Gasteiger partial charge is 0.545 e. The number of hydrogen-bond donors (Lipinski definition) is 0. The van der Waals surface area contributed by atoms with Gasteiger partial charge in [-0.15, -0.1) is 0 Å². The summed E-state index contributed by atoms with van der Waals surface area (Å²) in [6, 6.07) is 1.86. The van der Waals surface area contributed by atoms with Crippen LogP contribution in [0.3, 0.4) is 0 Å². The maximum atomic E-state index is 11.9. The summed E-state index contributed by atoms with van der Waals surface area (Å²) in [4.78, 5) is 13.5. The van der Waals surface area contributed by atoms with Gasteiger partial charge in [-0.05, 0) is 12.1 Å². The Morgan fingerprint density at radius 1 is 1.41 bits per heavy atom. The number of hydrogen-bond acceptors (Lipinski definition) is 6. The lowest BCUT2D eigenvalue weighted by Gasteiger charge is -2.11. The standard InChI is InChI=1S/C7H4F3NO5S/c8-7(9,10)17(14,15)16-5-4(6(12)13)2-1-3-11-5/h1-3H,(H,12,13)/p-1. The summed E-state index contributed by atoms with van der Waals surface area (Å²) in [5, 5.41) is 10.5. The summed E-state index contributed by atoms with van der Waals surface area (Å²) in [5.74, 6) is -3.12. The zero-order valence-electron chi connectivity index (χ0n) is 7.76. The van der Waals surface area contributed by atoms with E-state index in [1.54, 1.807) is 0 Å². The van der Waals surface area contributed by atoms with Gasteiger partial charge in [-0.25, -0.2) is 4.98 Å². The number of aromatic nitrogens is 1. The van der Waals surface area contributed by atoms with E-state index in [1.165, 1.54) is 0 Å². The van der Waals surface area contributed by atoms with Crippen LogP contribution in [-0.4, -0.2) is 24.9 Å². The Kier molecular flexibility index (Phi) is 3.27. The van der Waals surface area contributed by atoms with Crippen molar-refractivity contribution >= 4 is 16.1 Å². The molecule has 0 saturated heterocycles. The predicted octanol–water partition coefficient (Wildman–Crippen LogP) is -0.326. The van der Waals surface area contributed by atoms with Gasteiger partial charge in [0.15, 0.2) is 0 Å². The maximum absolute atomic E-state index is 11.9. The maximum Gasteiger partial charge on any atom is 0.534 e. The summed E-state index contributed by atoms with van der Waals surface area (Å²) >= 11 is 0. The number of carbonyl (C=O) groups is 1. The van der Waals surface area contributed by atoms with Crippen molar-refractivity contribution in [3.8, 4) is 5.88 Å². The third-order valence-electron chi connectivity index (χ3n) is 1.46. The number of nitrogens with zero attached hydrogens (tertiary/aromatic N) is 1. The van der Waals surface area contributed by atoms with Gasteiger partial charge in [0, 0.05) is 6.20 Å². The van der Waals surface area contributed by atoms with Crippen molar-refractivity contribution in [2.45, 2.75) is 5.51 Å². The smallest absolute Gasteiger partial charge is 0.534 e. The second kappa shape index (κ2) is 4.20. The molecule has 0 fully saturated rings. The van der Waals surface area contributed by atoms with Gasteiger partial charge in [-0.2, -0.15) is 21.6 Å². The van der Waals surface area contributed by atoms with Gasteiger partial charge >= 0.3 is 15.6 Å². The molecule has 1 aromatic rings. The van der Waals surface area contributed by atoms with E-state index in [1.807, 2.05) is 0 Å². The van der Waals surface area contributed by atoms with E-state index in [2.05, 4.69) is 9.17 Å². The van der Waals surface area contributed by atoms with Crippen LogP contribution >= 0.6 is 0 Å². The molecule has 0 aliphatic carbocycles. The van der Waals surface area contributed by atoms with Gasteiger partial charge in [0.25, 0.3) is 0 Å². The first-order valence-electron chi connectivity index (χ1n) is 3.82. The summed E-state index contributed by atoms with van der Waals surface area (Å²) in [6.07, 6.45) is 0.869. The van der Waals surface area contributed by atoms with E-state index < -0.39 is 33.0 Å². The molecule has 0 N–H and O–H groups in total. The van der Waals surface area contributed by atoms with E-state index in [0.717, 1.165) is 18.3 Å². The average Bonchev–Trinajstić information content (AvgIpc) is 2.15. The number of carbonyl (C=O) groups excluding carboxylic acids is 1. The first-order chi connectivity index (χ1) is 7.65. The van der Waals surface area contributed by atoms with Gasteiger partial charge in [-0.3, -0.25) is 0 Å². The molecule has 0 aliphatic heterocycles. The van der Waals surface area contributed by atoms with Crippen molar-refractivity contribution < 1.29 is 35.7 Å². The predicted molar refractivity (Wildman–Crippen MR) is 44.2 cm³/mol. The van der Waals surface area contributed by atoms with Crippen molar-refractivity contribution in [3.05, 3.63) is 23.9 Å². The highest BCUT2D eigenvalue weighted by molar-refractivity contribution is 7.87. The van der Waals surface area contributed by atoms with Crippen LogP contribution < -0.4 is 9.29 Å².